The lowest BCUT2D eigenvalue weighted by Crippen LogP contribution is -2.10. The van der Waals surface area contributed by atoms with Crippen molar-refractivity contribution in [2.75, 3.05) is 7.11 Å². The molecular weight excluding hydrogens is 357 g/mol. The average Bonchev–Trinajstić information content (AvgIpc) is 2.53. The largest absolute Gasteiger partial charge is 0.493 e. The summed E-state index contributed by atoms with van der Waals surface area (Å²) < 4.78 is 10.4. The molecule has 0 saturated carbocycles. The zero-order valence-electron chi connectivity index (χ0n) is 12.4. The van der Waals surface area contributed by atoms with Crippen molar-refractivity contribution >= 4 is 35.2 Å². The molecule has 0 amide bonds. The van der Waals surface area contributed by atoms with Crippen LogP contribution in [0.2, 0.25) is 10.0 Å². The van der Waals surface area contributed by atoms with Gasteiger partial charge in [0.1, 0.15) is 0 Å². The quantitative estimate of drug-likeness (QED) is 0.337. The van der Waals surface area contributed by atoms with Crippen LogP contribution in [-0.2, 0) is 0 Å². The molecule has 2 rings (SSSR count). The van der Waals surface area contributed by atoms with E-state index in [0.717, 1.165) is 6.20 Å². The van der Waals surface area contributed by atoms with Crippen LogP contribution in [0.5, 0.6) is 11.5 Å². The normalized spacial score (nSPS) is 10.6. The SMILES string of the molecule is COc1cc(/C=C\[N+](=O)[O-])ccc1OC(=O)c1ccc(Cl)cc1Cl. The van der Waals surface area contributed by atoms with E-state index in [1.165, 1.54) is 43.5 Å². The second kappa shape index (κ2) is 7.81. The van der Waals surface area contributed by atoms with Crippen molar-refractivity contribution in [1.29, 1.82) is 0 Å². The van der Waals surface area contributed by atoms with Crippen LogP contribution in [0.4, 0.5) is 0 Å². The Morgan fingerprint density at radius 1 is 1.17 bits per heavy atom. The molecule has 0 aliphatic carbocycles. The minimum atomic E-state index is -0.677. The number of esters is 1. The first-order valence-electron chi connectivity index (χ1n) is 6.57. The second-order valence-electron chi connectivity index (χ2n) is 4.53. The lowest BCUT2D eigenvalue weighted by atomic mass is 10.2. The van der Waals surface area contributed by atoms with E-state index in [-0.39, 0.29) is 22.1 Å². The highest BCUT2D eigenvalue weighted by atomic mass is 35.5. The molecule has 0 heterocycles. The molecule has 6 nitrogen and oxygen atoms in total. The number of ether oxygens (including phenoxy) is 2. The lowest BCUT2D eigenvalue weighted by Gasteiger charge is -2.10. The fourth-order valence-corrected chi connectivity index (χ4v) is 2.31. The van der Waals surface area contributed by atoms with Gasteiger partial charge in [0.25, 0.3) is 0 Å². The maximum atomic E-state index is 12.2. The number of carbonyl (C=O) groups excluding carboxylic acids is 1. The van der Waals surface area contributed by atoms with Gasteiger partial charge in [-0.2, -0.15) is 0 Å². The van der Waals surface area contributed by atoms with Crippen molar-refractivity contribution in [2.45, 2.75) is 0 Å². The number of nitrogens with zero attached hydrogens (tertiary/aromatic N) is 1. The third-order valence-electron chi connectivity index (χ3n) is 2.93. The summed E-state index contributed by atoms with van der Waals surface area (Å²) in [6.07, 6.45) is 2.10. The van der Waals surface area contributed by atoms with Gasteiger partial charge in [0.05, 0.1) is 22.6 Å². The fourth-order valence-electron chi connectivity index (χ4n) is 1.83. The molecule has 0 aliphatic rings. The predicted molar refractivity (Wildman–Crippen MR) is 90.4 cm³/mol. The fraction of sp³-hybridized carbons (Fsp3) is 0.0625. The molecule has 0 aromatic heterocycles. The van der Waals surface area contributed by atoms with E-state index in [1.807, 2.05) is 0 Å². The van der Waals surface area contributed by atoms with E-state index in [4.69, 9.17) is 32.7 Å². The third kappa shape index (κ3) is 4.47. The molecule has 0 spiro atoms. The van der Waals surface area contributed by atoms with Crippen LogP contribution in [0.1, 0.15) is 15.9 Å². The maximum absolute atomic E-state index is 12.2. The molecule has 0 unspecified atom stereocenters. The Morgan fingerprint density at radius 3 is 2.54 bits per heavy atom. The van der Waals surface area contributed by atoms with E-state index < -0.39 is 10.9 Å². The standard InChI is InChI=1S/C16H11Cl2NO5/c1-23-15-8-10(6-7-19(21)22)2-5-14(15)24-16(20)12-4-3-11(17)9-13(12)18/h2-9H,1H3/b7-6-. The summed E-state index contributed by atoms with van der Waals surface area (Å²) in [6.45, 7) is 0. The van der Waals surface area contributed by atoms with Gasteiger partial charge >= 0.3 is 5.97 Å². The Labute approximate surface area is 147 Å². The van der Waals surface area contributed by atoms with Crippen LogP contribution in [0.25, 0.3) is 6.08 Å². The number of rotatable bonds is 5. The van der Waals surface area contributed by atoms with Crippen molar-refractivity contribution < 1.29 is 19.2 Å². The lowest BCUT2D eigenvalue weighted by molar-refractivity contribution is -0.400. The highest BCUT2D eigenvalue weighted by Crippen LogP contribution is 2.30. The Balaban J connectivity index is 2.25. The summed E-state index contributed by atoms with van der Waals surface area (Å²) in [5.41, 5.74) is 0.674. The first kappa shape index (κ1) is 17.8. The number of carbonyl (C=O) groups is 1. The number of halogens is 2. The smallest absolute Gasteiger partial charge is 0.345 e. The van der Waals surface area contributed by atoms with Crippen LogP contribution in [0, 0.1) is 10.1 Å². The summed E-state index contributed by atoms with van der Waals surface area (Å²) in [7, 11) is 1.39. The number of nitro groups is 1. The van der Waals surface area contributed by atoms with Gasteiger partial charge in [-0.05, 0) is 35.9 Å². The molecular formula is C16H11Cl2NO5. The van der Waals surface area contributed by atoms with Crippen LogP contribution >= 0.6 is 23.2 Å². The summed E-state index contributed by atoms with van der Waals surface area (Å²) in [6, 6.07) is 8.93. The monoisotopic (exact) mass is 367 g/mol. The molecule has 2 aromatic rings. The van der Waals surface area contributed by atoms with Gasteiger partial charge in [0.15, 0.2) is 11.5 Å². The van der Waals surface area contributed by atoms with Crippen LogP contribution in [0.3, 0.4) is 0 Å². The second-order valence-corrected chi connectivity index (χ2v) is 5.37. The Kier molecular flexibility index (Phi) is 5.78. The average molecular weight is 368 g/mol. The number of benzene rings is 2. The van der Waals surface area contributed by atoms with Gasteiger partial charge in [0, 0.05) is 11.1 Å². The van der Waals surface area contributed by atoms with Gasteiger partial charge in [-0.1, -0.05) is 29.3 Å². The molecule has 0 fully saturated rings. The molecule has 0 saturated heterocycles. The Morgan fingerprint density at radius 2 is 1.92 bits per heavy atom. The zero-order valence-corrected chi connectivity index (χ0v) is 13.9. The van der Waals surface area contributed by atoms with E-state index in [2.05, 4.69) is 0 Å². The summed E-state index contributed by atoms with van der Waals surface area (Å²) in [5.74, 6) is -0.269. The van der Waals surface area contributed by atoms with Crippen molar-refractivity contribution in [3.63, 3.8) is 0 Å². The molecule has 0 aliphatic heterocycles. The molecule has 8 heteroatoms. The topological polar surface area (TPSA) is 78.7 Å². The van der Waals surface area contributed by atoms with Gasteiger partial charge in [-0.25, -0.2) is 4.79 Å². The number of hydrogen-bond acceptors (Lipinski definition) is 5. The van der Waals surface area contributed by atoms with E-state index in [9.17, 15) is 14.9 Å². The van der Waals surface area contributed by atoms with Gasteiger partial charge in [0.2, 0.25) is 6.20 Å². The van der Waals surface area contributed by atoms with E-state index in [1.54, 1.807) is 6.07 Å². The van der Waals surface area contributed by atoms with E-state index >= 15 is 0 Å². The van der Waals surface area contributed by atoms with Crippen molar-refractivity contribution in [1.82, 2.24) is 0 Å². The molecule has 2 aromatic carbocycles. The highest BCUT2D eigenvalue weighted by molar-refractivity contribution is 6.36. The Bertz CT molecular complexity index is 820. The first-order chi connectivity index (χ1) is 11.4. The molecule has 0 radical (unpaired) electrons. The number of hydrogen-bond donors (Lipinski definition) is 0. The number of methoxy groups -OCH3 is 1. The predicted octanol–water partition coefficient (Wildman–Crippen LogP) is 4.47. The molecule has 24 heavy (non-hydrogen) atoms. The summed E-state index contributed by atoms with van der Waals surface area (Å²) in [5, 5.41) is 10.9. The van der Waals surface area contributed by atoms with Crippen molar-refractivity contribution in [2.24, 2.45) is 0 Å². The molecule has 0 N–H and O–H groups in total. The van der Waals surface area contributed by atoms with Crippen LogP contribution < -0.4 is 9.47 Å². The molecule has 0 bridgehead atoms. The molecule has 124 valence electrons. The maximum Gasteiger partial charge on any atom is 0.345 e. The minimum absolute atomic E-state index is 0.153. The van der Waals surface area contributed by atoms with Gasteiger partial charge in [-0.15, -0.1) is 0 Å². The molecule has 0 atom stereocenters. The van der Waals surface area contributed by atoms with E-state index in [0.29, 0.717) is 10.6 Å². The third-order valence-corrected chi connectivity index (χ3v) is 3.48. The summed E-state index contributed by atoms with van der Waals surface area (Å²) >= 11 is 11.8. The van der Waals surface area contributed by atoms with Crippen molar-refractivity contribution in [3.05, 3.63) is 73.9 Å². The van der Waals surface area contributed by atoms with Gasteiger partial charge in [-0.3, -0.25) is 10.1 Å². The van der Waals surface area contributed by atoms with Crippen LogP contribution in [-0.4, -0.2) is 18.0 Å². The Hall–Kier alpha value is -2.57. The highest BCUT2D eigenvalue weighted by Gasteiger charge is 2.16. The van der Waals surface area contributed by atoms with Gasteiger partial charge < -0.3 is 9.47 Å². The summed E-state index contributed by atoms with van der Waals surface area (Å²) in [4.78, 5) is 22.0. The van der Waals surface area contributed by atoms with Crippen molar-refractivity contribution in [3.8, 4) is 11.5 Å². The minimum Gasteiger partial charge on any atom is -0.493 e. The zero-order chi connectivity index (χ0) is 17.7. The van der Waals surface area contributed by atoms with Crippen LogP contribution in [0.15, 0.2) is 42.6 Å². The first-order valence-corrected chi connectivity index (χ1v) is 7.33.